The molecule has 4 N–H and O–H groups in total. The minimum absolute atomic E-state index is 0.0345. The fourth-order valence-electron chi connectivity index (χ4n) is 5.34. The highest BCUT2D eigenvalue weighted by atomic mass is 16.3. The maximum Gasteiger partial charge on any atom is 0.154 e. The van der Waals surface area contributed by atoms with Crippen molar-refractivity contribution in [2.24, 2.45) is 22.7 Å². The Labute approximate surface area is 166 Å². The number of hydrogen-bond donors (Lipinski definition) is 4. The minimum Gasteiger partial charge on any atom is -0.508 e. The summed E-state index contributed by atoms with van der Waals surface area (Å²) in [5.74, 6) is 0.213. The molecule has 0 saturated heterocycles. The van der Waals surface area contributed by atoms with Crippen molar-refractivity contribution < 1.29 is 25.2 Å². The highest BCUT2D eigenvalue weighted by molar-refractivity contribution is 5.83. The number of carbonyl (C=O) groups excluding carboxylic acids is 1. The number of phenols is 2. The van der Waals surface area contributed by atoms with E-state index in [-0.39, 0.29) is 45.5 Å². The van der Waals surface area contributed by atoms with E-state index in [1.807, 2.05) is 0 Å². The third-order valence-electron chi connectivity index (χ3n) is 7.67. The van der Waals surface area contributed by atoms with Gasteiger partial charge in [0.15, 0.2) is 6.29 Å². The van der Waals surface area contributed by atoms with Gasteiger partial charge in [-0.2, -0.15) is 0 Å². The van der Waals surface area contributed by atoms with Gasteiger partial charge in [-0.05, 0) is 60.0 Å². The van der Waals surface area contributed by atoms with Crippen LogP contribution in [0.3, 0.4) is 0 Å². The number of aldehydes is 1. The zero-order valence-corrected chi connectivity index (χ0v) is 17.2. The van der Waals surface area contributed by atoms with Gasteiger partial charge in [0.1, 0.15) is 11.5 Å². The Morgan fingerprint density at radius 1 is 1.21 bits per heavy atom. The molecule has 28 heavy (non-hydrogen) atoms. The second-order valence-corrected chi connectivity index (χ2v) is 9.43. The molecular weight excluding hydrogens is 356 g/mol. The van der Waals surface area contributed by atoms with Crippen LogP contribution in [-0.4, -0.2) is 32.8 Å². The molecule has 1 aromatic rings. The summed E-state index contributed by atoms with van der Waals surface area (Å²) in [6.07, 6.45) is 5.28. The molecule has 0 bridgehead atoms. The number of phenolic OH excluding ortho intramolecular Hbond substituents is 2. The van der Waals surface area contributed by atoms with E-state index in [0.29, 0.717) is 30.6 Å². The third kappa shape index (κ3) is 3.05. The zero-order chi connectivity index (χ0) is 20.9. The van der Waals surface area contributed by atoms with Crippen molar-refractivity contribution in [3.05, 3.63) is 34.4 Å². The average Bonchev–Trinajstić information content (AvgIpc) is 2.64. The molecule has 0 radical (unpaired) electrons. The van der Waals surface area contributed by atoms with Crippen molar-refractivity contribution in [3.8, 4) is 11.5 Å². The summed E-state index contributed by atoms with van der Waals surface area (Å²) in [5, 5.41) is 41.2. The molecule has 2 aliphatic carbocycles. The Bertz CT molecular complexity index is 810. The number of rotatable bonds is 4. The lowest BCUT2D eigenvalue weighted by Gasteiger charge is -2.54. The molecule has 0 amide bonds. The van der Waals surface area contributed by atoms with Gasteiger partial charge in [0, 0.05) is 5.56 Å². The van der Waals surface area contributed by atoms with E-state index in [1.54, 1.807) is 0 Å². The Morgan fingerprint density at radius 2 is 1.89 bits per heavy atom. The molecule has 154 valence electrons. The number of allylic oxidation sites excluding steroid dienone is 1. The van der Waals surface area contributed by atoms with Crippen LogP contribution < -0.4 is 0 Å². The van der Waals surface area contributed by atoms with Gasteiger partial charge in [0.2, 0.25) is 0 Å². The Morgan fingerprint density at radius 3 is 2.50 bits per heavy atom. The summed E-state index contributed by atoms with van der Waals surface area (Å²) in [4.78, 5) is 11.5. The van der Waals surface area contributed by atoms with Crippen molar-refractivity contribution >= 4 is 6.29 Å². The van der Waals surface area contributed by atoms with Gasteiger partial charge in [-0.3, -0.25) is 4.79 Å². The Balaban J connectivity index is 2.09. The molecular formula is C23H32O5. The number of aliphatic hydroxyl groups excluding tert-OH is 2. The first-order valence-corrected chi connectivity index (χ1v) is 10.1. The Hall–Kier alpha value is -1.85. The molecule has 0 aromatic heterocycles. The van der Waals surface area contributed by atoms with Gasteiger partial charge in [-0.15, -0.1) is 0 Å². The van der Waals surface area contributed by atoms with Crippen LogP contribution >= 0.6 is 0 Å². The fraction of sp³-hybridized carbons (Fsp3) is 0.609. The lowest BCUT2D eigenvalue weighted by molar-refractivity contribution is -0.0192. The van der Waals surface area contributed by atoms with Crippen LogP contribution in [0, 0.1) is 22.7 Å². The summed E-state index contributed by atoms with van der Waals surface area (Å²) < 4.78 is 0. The standard InChI is InChI=1S/C23H32O5/c1-13-5-6-17-18(7-8-20(27)22(17,2)3)23(13,4)10-15-19(26)9-14(11-24)16(12-25)21(15)28/h7,9,12-13,17,20,24,26-28H,5-6,8,10-11H2,1-4H3/t13-,17-,20-,23+/m1/s1. The van der Waals surface area contributed by atoms with E-state index in [1.165, 1.54) is 11.6 Å². The zero-order valence-electron chi connectivity index (χ0n) is 17.2. The molecule has 1 saturated carbocycles. The van der Waals surface area contributed by atoms with Crippen LogP contribution in [0.25, 0.3) is 0 Å². The highest BCUT2D eigenvalue weighted by Gasteiger charge is 2.51. The van der Waals surface area contributed by atoms with E-state index >= 15 is 0 Å². The summed E-state index contributed by atoms with van der Waals surface area (Å²) in [6.45, 7) is 8.14. The lowest BCUT2D eigenvalue weighted by Crippen LogP contribution is -2.48. The smallest absolute Gasteiger partial charge is 0.154 e. The molecule has 2 aliphatic rings. The van der Waals surface area contributed by atoms with Crippen molar-refractivity contribution in [1.29, 1.82) is 0 Å². The van der Waals surface area contributed by atoms with Crippen LogP contribution in [0.5, 0.6) is 11.5 Å². The van der Waals surface area contributed by atoms with E-state index in [9.17, 15) is 25.2 Å². The number of carbonyl (C=O) groups is 1. The molecule has 1 fully saturated rings. The van der Waals surface area contributed by atoms with Gasteiger partial charge in [0.25, 0.3) is 0 Å². The molecule has 0 spiro atoms. The second kappa shape index (κ2) is 7.20. The van der Waals surface area contributed by atoms with Crippen molar-refractivity contribution in [3.63, 3.8) is 0 Å². The van der Waals surface area contributed by atoms with Gasteiger partial charge in [-0.1, -0.05) is 39.3 Å². The number of aromatic hydroxyl groups is 2. The Kier molecular flexibility index (Phi) is 5.36. The predicted molar refractivity (Wildman–Crippen MR) is 107 cm³/mol. The van der Waals surface area contributed by atoms with Gasteiger partial charge >= 0.3 is 0 Å². The normalized spacial score (nSPS) is 31.8. The molecule has 1 aromatic carbocycles. The van der Waals surface area contributed by atoms with E-state index in [4.69, 9.17) is 0 Å². The van der Waals surface area contributed by atoms with Gasteiger partial charge < -0.3 is 20.4 Å². The summed E-state index contributed by atoms with van der Waals surface area (Å²) in [5.41, 5.74) is 1.33. The largest absolute Gasteiger partial charge is 0.508 e. The van der Waals surface area contributed by atoms with Crippen molar-refractivity contribution in [2.45, 2.75) is 66.1 Å². The third-order valence-corrected chi connectivity index (χ3v) is 7.67. The number of aliphatic hydroxyl groups is 2. The highest BCUT2D eigenvalue weighted by Crippen LogP contribution is 2.58. The molecule has 3 rings (SSSR count). The second-order valence-electron chi connectivity index (χ2n) is 9.43. The SMILES string of the molecule is C[C@@H]1CC[C@@H]2C(=CC[C@@H](O)C2(C)C)[C@@]1(C)Cc1c(O)cc(CO)c(C=O)c1O. The van der Waals surface area contributed by atoms with E-state index in [2.05, 4.69) is 33.8 Å². The molecule has 0 unspecified atom stereocenters. The fourth-order valence-corrected chi connectivity index (χ4v) is 5.34. The molecule has 4 atom stereocenters. The summed E-state index contributed by atoms with van der Waals surface area (Å²) in [6, 6.07) is 1.37. The van der Waals surface area contributed by atoms with Crippen LogP contribution in [0.2, 0.25) is 0 Å². The number of hydrogen-bond acceptors (Lipinski definition) is 5. The van der Waals surface area contributed by atoms with Gasteiger partial charge in [0.05, 0.1) is 18.3 Å². The topological polar surface area (TPSA) is 98.0 Å². The van der Waals surface area contributed by atoms with Crippen molar-refractivity contribution in [2.75, 3.05) is 0 Å². The van der Waals surface area contributed by atoms with Crippen LogP contribution in [-0.2, 0) is 13.0 Å². The van der Waals surface area contributed by atoms with Crippen LogP contribution in [0.4, 0.5) is 0 Å². The first-order valence-electron chi connectivity index (χ1n) is 10.1. The van der Waals surface area contributed by atoms with Crippen LogP contribution in [0.1, 0.15) is 68.4 Å². The predicted octanol–water partition coefficient (Wildman–Crippen LogP) is 3.71. The molecule has 0 aliphatic heterocycles. The average molecular weight is 389 g/mol. The van der Waals surface area contributed by atoms with Gasteiger partial charge in [-0.25, -0.2) is 0 Å². The first kappa shape index (κ1) is 20.9. The van der Waals surface area contributed by atoms with Crippen molar-refractivity contribution in [1.82, 2.24) is 0 Å². The maximum absolute atomic E-state index is 11.5. The monoisotopic (exact) mass is 388 g/mol. The lowest BCUT2D eigenvalue weighted by atomic mass is 9.51. The summed E-state index contributed by atoms with van der Waals surface area (Å²) >= 11 is 0. The summed E-state index contributed by atoms with van der Waals surface area (Å²) in [7, 11) is 0. The quantitative estimate of drug-likeness (QED) is 0.466. The molecule has 0 heterocycles. The molecule has 5 nitrogen and oxygen atoms in total. The van der Waals surface area contributed by atoms with E-state index in [0.717, 1.165) is 12.8 Å². The minimum atomic E-state index is -0.428. The van der Waals surface area contributed by atoms with E-state index < -0.39 is 6.61 Å². The number of benzene rings is 1. The van der Waals surface area contributed by atoms with Crippen LogP contribution in [0.15, 0.2) is 17.7 Å². The first-order chi connectivity index (χ1) is 13.1. The number of fused-ring (bicyclic) bond motifs is 1. The maximum atomic E-state index is 11.5. The molecule has 5 heteroatoms.